The highest BCUT2D eigenvalue weighted by Gasteiger charge is 2.34. The molecule has 19 heavy (non-hydrogen) atoms. The van der Waals surface area contributed by atoms with Crippen molar-refractivity contribution in [1.82, 2.24) is 0 Å². The van der Waals surface area contributed by atoms with E-state index in [2.05, 4.69) is 4.74 Å². The van der Waals surface area contributed by atoms with Gasteiger partial charge in [0.15, 0.2) is 0 Å². The van der Waals surface area contributed by atoms with Crippen LogP contribution in [0.5, 0.6) is 0 Å². The van der Waals surface area contributed by atoms with Crippen LogP contribution in [0.3, 0.4) is 0 Å². The second-order valence-electron chi connectivity index (χ2n) is 4.22. The first-order valence-corrected chi connectivity index (χ1v) is 5.71. The number of ketones is 1. The summed E-state index contributed by atoms with van der Waals surface area (Å²) in [5.74, 6) is -2.71. The first-order valence-electron chi connectivity index (χ1n) is 5.71. The summed E-state index contributed by atoms with van der Waals surface area (Å²) in [5, 5.41) is 11.0. The van der Waals surface area contributed by atoms with Crippen molar-refractivity contribution >= 4 is 17.4 Å². The Morgan fingerprint density at radius 1 is 1.32 bits per heavy atom. The molecule has 6 nitrogen and oxygen atoms in total. The van der Waals surface area contributed by atoms with Crippen molar-refractivity contribution < 1.29 is 19.2 Å². The molecule has 0 spiro atoms. The summed E-state index contributed by atoms with van der Waals surface area (Å²) >= 11 is 0. The third kappa shape index (κ3) is 3.15. The Bertz CT molecular complexity index is 512. The zero-order valence-electron chi connectivity index (χ0n) is 11.0. The molecular weight excluding hydrogens is 250 g/mol. The van der Waals surface area contributed by atoms with E-state index in [4.69, 9.17) is 0 Å². The van der Waals surface area contributed by atoms with Crippen LogP contribution in [-0.2, 0) is 14.3 Å². The van der Waals surface area contributed by atoms with Crippen molar-refractivity contribution in [3.63, 3.8) is 0 Å². The van der Waals surface area contributed by atoms with Gasteiger partial charge in [0.25, 0.3) is 5.69 Å². The van der Waals surface area contributed by atoms with Crippen molar-refractivity contribution in [3.8, 4) is 0 Å². The van der Waals surface area contributed by atoms with E-state index in [0.717, 1.165) is 0 Å². The fourth-order valence-electron chi connectivity index (χ4n) is 2.07. The summed E-state index contributed by atoms with van der Waals surface area (Å²) in [4.78, 5) is 33.6. The summed E-state index contributed by atoms with van der Waals surface area (Å²) < 4.78 is 4.59. The van der Waals surface area contributed by atoms with Gasteiger partial charge >= 0.3 is 5.97 Å². The lowest BCUT2D eigenvalue weighted by Gasteiger charge is -2.19. The van der Waals surface area contributed by atoms with Gasteiger partial charge in [-0.2, -0.15) is 0 Å². The van der Waals surface area contributed by atoms with Crippen LogP contribution in [0.1, 0.15) is 25.3 Å². The molecule has 1 aromatic carbocycles. The molecule has 0 saturated carbocycles. The number of carbonyl (C=O) groups excluding carboxylic acids is 2. The molecule has 0 heterocycles. The maximum absolute atomic E-state index is 11.6. The van der Waals surface area contributed by atoms with Gasteiger partial charge in [-0.05, 0) is 6.92 Å². The van der Waals surface area contributed by atoms with Crippen LogP contribution in [0.4, 0.5) is 5.69 Å². The molecule has 0 amide bonds. The Balaban J connectivity index is 3.24. The van der Waals surface area contributed by atoms with Crippen molar-refractivity contribution in [2.45, 2.75) is 19.8 Å². The first kappa shape index (κ1) is 14.8. The van der Waals surface area contributed by atoms with E-state index in [0.29, 0.717) is 5.56 Å². The van der Waals surface area contributed by atoms with Crippen molar-refractivity contribution in [1.29, 1.82) is 0 Å². The minimum Gasteiger partial charge on any atom is -0.468 e. The van der Waals surface area contributed by atoms with Gasteiger partial charge in [-0.1, -0.05) is 25.1 Å². The third-order valence-electron chi connectivity index (χ3n) is 3.02. The normalized spacial score (nSPS) is 13.4. The molecule has 1 aromatic rings. The molecular formula is C13H15NO5. The molecule has 0 bridgehead atoms. The predicted octanol–water partition coefficient (Wildman–Crippen LogP) is 2.08. The van der Waals surface area contributed by atoms with E-state index in [1.165, 1.54) is 26.2 Å². The number of hydrogen-bond acceptors (Lipinski definition) is 5. The number of Topliss-reactive ketones (excluding diaryl/α,β-unsaturated/α-hetero) is 1. The number of nitrogens with zero attached hydrogens (tertiary/aromatic N) is 1. The maximum Gasteiger partial charge on any atom is 0.316 e. The van der Waals surface area contributed by atoms with E-state index >= 15 is 0 Å². The van der Waals surface area contributed by atoms with E-state index < -0.39 is 22.7 Å². The van der Waals surface area contributed by atoms with Crippen LogP contribution >= 0.6 is 0 Å². The molecule has 102 valence electrons. The highest BCUT2D eigenvalue weighted by Crippen LogP contribution is 2.32. The minimum atomic E-state index is -1.04. The topological polar surface area (TPSA) is 86.5 Å². The Labute approximate surface area is 110 Å². The Hall–Kier alpha value is -2.24. The Morgan fingerprint density at radius 3 is 2.37 bits per heavy atom. The van der Waals surface area contributed by atoms with Gasteiger partial charge in [0, 0.05) is 17.5 Å². The lowest BCUT2D eigenvalue weighted by molar-refractivity contribution is -0.385. The zero-order chi connectivity index (χ0) is 14.6. The van der Waals surface area contributed by atoms with Crippen LogP contribution in [0, 0.1) is 16.0 Å². The van der Waals surface area contributed by atoms with Gasteiger partial charge in [-0.15, -0.1) is 0 Å². The van der Waals surface area contributed by atoms with Crippen LogP contribution < -0.4 is 0 Å². The molecule has 1 rings (SSSR count). The van der Waals surface area contributed by atoms with Gasteiger partial charge < -0.3 is 4.74 Å². The number of nitro groups is 1. The van der Waals surface area contributed by atoms with Gasteiger partial charge in [-0.25, -0.2) is 0 Å². The largest absolute Gasteiger partial charge is 0.468 e. The third-order valence-corrected chi connectivity index (χ3v) is 3.02. The molecule has 0 radical (unpaired) electrons. The standard InChI is InChI=1S/C13H15NO5/c1-8(12(9(2)15)13(16)19-3)10-6-4-5-7-11(10)14(17)18/h4-8,12H,1-3H3. The number of para-hydroxylation sites is 1. The summed E-state index contributed by atoms with van der Waals surface area (Å²) in [7, 11) is 1.18. The fraction of sp³-hybridized carbons (Fsp3) is 0.385. The summed E-state index contributed by atoms with van der Waals surface area (Å²) in [6.45, 7) is 2.87. The molecule has 0 aliphatic heterocycles. The number of benzene rings is 1. The van der Waals surface area contributed by atoms with Gasteiger partial charge in [0.05, 0.1) is 12.0 Å². The number of rotatable bonds is 5. The van der Waals surface area contributed by atoms with Crippen molar-refractivity contribution in [2.24, 2.45) is 5.92 Å². The lowest BCUT2D eigenvalue weighted by atomic mass is 9.84. The van der Waals surface area contributed by atoms with Crippen molar-refractivity contribution in [3.05, 3.63) is 39.9 Å². The predicted molar refractivity (Wildman–Crippen MR) is 67.7 cm³/mol. The number of nitro benzene ring substituents is 1. The number of esters is 1. The zero-order valence-corrected chi connectivity index (χ0v) is 11.0. The average Bonchev–Trinajstić information content (AvgIpc) is 2.38. The quantitative estimate of drug-likeness (QED) is 0.352. The number of hydrogen-bond donors (Lipinski definition) is 0. The van der Waals surface area contributed by atoms with Crippen LogP contribution in [0.2, 0.25) is 0 Å². The first-order chi connectivity index (χ1) is 8.90. The van der Waals surface area contributed by atoms with Crippen LogP contribution in [-0.4, -0.2) is 23.8 Å². The Kier molecular flexibility index (Phi) is 4.74. The second kappa shape index (κ2) is 6.08. The molecule has 0 aliphatic rings. The highest BCUT2D eigenvalue weighted by atomic mass is 16.6. The molecule has 2 atom stereocenters. The fourth-order valence-corrected chi connectivity index (χ4v) is 2.07. The molecule has 0 fully saturated rings. The molecule has 0 saturated heterocycles. The molecule has 0 N–H and O–H groups in total. The molecule has 2 unspecified atom stereocenters. The lowest BCUT2D eigenvalue weighted by Crippen LogP contribution is -2.28. The van der Waals surface area contributed by atoms with E-state index in [1.54, 1.807) is 19.1 Å². The second-order valence-corrected chi connectivity index (χ2v) is 4.22. The average molecular weight is 265 g/mol. The van der Waals surface area contributed by atoms with E-state index in [1.807, 2.05) is 0 Å². The summed E-state index contributed by atoms with van der Waals surface area (Å²) in [6.07, 6.45) is 0. The minimum absolute atomic E-state index is 0.106. The van der Waals surface area contributed by atoms with Gasteiger partial charge in [0.1, 0.15) is 11.7 Å². The molecule has 6 heteroatoms. The smallest absolute Gasteiger partial charge is 0.316 e. The van der Waals surface area contributed by atoms with E-state index in [9.17, 15) is 19.7 Å². The van der Waals surface area contributed by atoms with Crippen LogP contribution in [0.25, 0.3) is 0 Å². The summed E-state index contributed by atoms with van der Waals surface area (Å²) in [5.41, 5.74) is 0.239. The number of carbonyl (C=O) groups is 2. The number of methoxy groups -OCH3 is 1. The van der Waals surface area contributed by atoms with Gasteiger partial charge in [-0.3, -0.25) is 19.7 Å². The Morgan fingerprint density at radius 2 is 1.89 bits per heavy atom. The maximum atomic E-state index is 11.6. The monoisotopic (exact) mass is 265 g/mol. The van der Waals surface area contributed by atoms with E-state index in [-0.39, 0.29) is 11.5 Å². The van der Waals surface area contributed by atoms with Crippen LogP contribution in [0.15, 0.2) is 24.3 Å². The molecule has 0 aromatic heterocycles. The van der Waals surface area contributed by atoms with Crippen molar-refractivity contribution in [2.75, 3.05) is 7.11 Å². The SMILES string of the molecule is COC(=O)C(C(C)=O)C(C)c1ccccc1[N+](=O)[O-]. The summed E-state index contributed by atoms with van der Waals surface area (Å²) in [6, 6.07) is 6.06. The molecule has 0 aliphatic carbocycles. The number of ether oxygens (including phenoxy) is 1. The van der Waals surface area contributed by atoms with Gasteiger partial charge in [0.2, 0.25) is 0 Å². The highest BCUT2D eigenvalue weighted by molar-refractivity contribution is 5.98.